The van der Waals surface area contributed by atoms with Crippen LogP contribution in [0.3, 0.4) is 0 Å². The second-order valence-corrected chi connectivity index (χ2v) is 34.1. The third kappa shape index (κ3) is 61.2. The quantitative estimate of drug-likeness (QED) is 0.0153. The number of aliphatic hydroxyl groups is 3. The standard InChI is InChI=1S/C82H154N34O24.C2HF3O2/c1-43(2)63(115-74(134)50(21-8-13-31-85)107-60(122)38-99-59(121)37-101-69(129)55(27-28-58(89)120)110-72(132)49(20-7-12-30-84)106-62(124)40-102-68(128)48(24-16-34-96-80(90)91)105-61(123)39-100-67(127)47(88)19-6-11-29-83)77(137)111-53(25-17-35-97-81(92)93)71(131)104-44(3)65(125)108-51(22-9-14-32-86)70(130)103-45(4)66(126)109-52(23-10-15-33-87)75(135)116-64(46(5)119)78(138)112-54(26-18-36-98-82(94)95)73(133)113-56(41-117)76(136)114-57(42-118)79(139)140;3-2(4,5)1(6)7/h43-57,63-64,117-119H,6-42,83-88H2,1-5H3,(H2,89,120)(H,99,121)(H,100,127)(H,101,129)(H,102,128)(H,103,130)(H,104,131)(H,105,123)(H,106,124)(H,107,122)(H,108,125)(H,109,126)(H,110,132)(H,111,137)(H,112,138)(H,113,133)(H,114,136)(H,115,134)(H,116,135)(H,139,140)(H4,90,91,96)(H4,92,93,97)(H4,94,95,98);(H,6,7)/t44-,45-,46+,47-,48-,49-,50-,51-,52-,53-,54-,55-,56-,57-,63-,64-;/m0./s1. The second-order valence-electron chi connectivity index (χ2n) is 34.1. The number of carbonyl (C=O) groups is 21. The summed E-state index contributed by atoms with van der Waals surface area (Å²) in [5, 5.41) is 120. The van der Waals surface area contributed by atoms with Crippen LogP contribution in [0.5, 0.6) is 0 Å². The molecule has 0 aromatic rings. The molecule has 0 aliphatic carbocycles. The predicted molar refractivity (Wildman–Crippen MR) is 521 cm³/mol. The van der Waals surface area contributed by atoms with Crippen molar-refractivity contribution in [1.29, 1.82) is 16.2 Å². The third-order valence-corrected chi connectivity index (χ3v) is 21.2. The van der Waals surface area contributed by atoms with Gasteiger partial charge in [-0.3, -0.25) is 107 Å². The maximum Gasteiger partial charge on any atom is 0.490 e. The molecule has 0 unspecified atom stereocenters. The van der Waals surface area contributed by atoms with E-state index in [-0.39, 0.29) is 142 Å². The van der Waals surface area contributed by atoms with Crippen LogP contribution in [-0.2, 0) is 101 Å². The zero-order valence-corrected chi connectivity index (χ0v) is 83.2. The molecule has 147 heavy (non-hydrogen) atoms. The van der Waals surface area contributed by atoms with Crippen molar-refractivity contribution in [3.63, 3.8) is 0 Å². The van der Waals surface area contributed by atoms with E-state index in [4.69, 9.17) is 83.5 Å². The van der Waals surface area contributed by atoms with Crippen molar-refractivity contribution in [3.05, 3.63) is 0 Å². The molecule has 0 rings (SSSR count). The number of carbonyl (C=O) groups excluding carboxylic acids is 19. The summed E-state index contributed by atoms with van der Waals surface area (Å²) in [6, 6.07) is -22.7. The van der Waals surface area contributed by atoms with Crippen molar-refractivity contribution in [3.8, 4) is 0 Å². The minimum atomic E-state index is -5.08. The van der Waals surface area contributed by atoms with E-state index in [2.05, 4.69) is 106 Å². The van der Waals surface area contributed by atoms with Crippen LogP contribution in [0.4, 0.5) is 13.2 Å². The molecule has 0 fully saturated rings. The number of alkyl halides is 3. The number of guanidine groups is 3. The molecule has 60 nitrogen and oxygen atoms in total. The summed E-state index contributed by atoms with van der Waals surface area (Å²) >= 11 is 0. The molecule has 0 aromatic heterocycles. The fourth-order valence-electron chi connectivity index (χ4n) is 13.0. The molecule has 0 spiro atoms. The molecule has 0 bridgehead atoms. The van der Waals surface area contributed by atoms with Crippen LogP contribution in [0.15, 0.2) is 0 Å². The second kappa shape index (κ2) is 75.8. The summed E-state index contributed by atoms with van der Waals surface area (Å²) in [7, 11) is 0. The van der Waals surface area contributed by atoms with Crippen LogP contribution in [-0.4, -0.2) is 362 Å². The first-order chi connectivity index (χ1) is 69.1. The van der Waals surface area contributed by atoms with Crippen LogP contribution in [0.25, 0.3) is 0 Å². The SMILES string of the molecule is CC(C)[C@H](NC(=O)[C@H](CCCCN)NC(=O)CNC(=O)CNC(=O)[C@H](CCC(N)=O)NC(=O)[C@H](CCCCN)NC(=O)CNC(=O)[C@H](CCCNC(=N)N)NC(=O)CNC(=O)[C@@H](N)CCCCN)C(=O)N[C@@H](CCCNC(=N)N)C(=O)N[C@@H](C)C(=O)N[C@@H](CCCCN)C(=O)N[C@@H](C)C(=O)N[C@@H](CCCCN)C(=O)N[C@H](C(=O)N[C@@H](CCCNC(=N)N)C(=O)N[C@@H](CO)C(=O)N[C@@H](CO)C(=O)O)[C@@H](C)O.O=C(O)C(F)(F)F. The highest BCUT2D eigenvalue weighted by Gasteiger charge is 2.41. The van der Waals surface area contributed by atoms with E-state index in [0.29, 0.717) is 51.5 Å². The summed E-state index contributed by atoms with van der Waals surface area (Å²) in [6.07, 6.45) is -4.67. The zero-order chi connectivity index (χ0) is 112. The highest BCUT2D eigenvalue weighted by Crippen LogP contribution is 2.16. The number of unbranched alkanes of at least 4 members (excludes halogenated alkanes) is 5. The van der Waals surface area contributed by atoms with E-state index in [9.17, 15) is 129 Å². The van der Waals surface area contributed by atoms with Crippen molar-refractivity contribution in [2.75, 3.05) is 91.8 Å². The molecule has 19 amide bonds. The lowest BCUT2D eigenvalue weighted by atomic mass is 10.0. The van der Waals surface area contributed by atoms with Crippen molar-refractivity contribution >= 4 is 142 Å². The maximum absolute atomic E-state index is 14.4. The molecule has 0 aliphatic rings. The van der Waals surface area contributed by atoms with Crippen LogP contribution in [0.2, 0.25) is 0 Å². The highest BCUT2D eigenvalue weighted by atomic mass is 19.4. The van der Waals surface area contributed by atoms with Crippen molar-refractivity contribution < 1.29 is 139 Å². The largest absolute Gasteiger partial charge is 0.490 e. The fourth-order valence-corrected chi connectivity index (χ4v) is 13.0. The van der Waals surface area contributed by atoms with E-state index in [1.807, 2.05) is 5.32 Å². The van der Waals surface area contributed by atoms with E-state index < -0.39 is 297 Å². The number of primary amides is 1. The minimum Gasteiger partial charge on any atom is -0.480 e. The molecule has 0 saturated carbocycles. The van der Waals surface area contributed by atoms with Gasteiger partial charge in [-0.1, -0.05) is 20.3 Å². The number of nitrogens with two attached hydrogens (primary N) is 10. The number of aliphatic hydroxyl groups excluding tert-OH is 3. The van der Waals surface area contributed by atoms with Crippen LogP contribution in [0.1, 0.15) is 182 Å². The number of rotatable bonds is 76. The van der Waals surface area contributed by atoms with Crippen molar-refractivity contribution in [2.24, 2.45) is 63.3 Å². The number of aliphatic carboxylic acids is 2. The summed E-state index contributed by atoms with van der Waals surface area (Å²) < 4.78 is 31.7. The fraction of sp³-hybridized carbons (Fsp3) is 0.714. The van der Waals surface area contributed by atoms with Gasteiger partial charge in [0.25, 0.3) is 0 Å². The topological polar surface area (TPSA) is 1040 Å². The normalized spacial score (nSPS) is 14.2. The van der Waals surface area contributed by atoms with Gasteiger partial charge in [0, 0.05) is 26.1 Å². The first-order valence-corrected chi connectivity index (χ1v) is 47.6. The van der Waals surface area contributed by atoms with Gasteiger partial charge in [0.15, 0.2) is 17.9 Å². The van der Waals surface area contributed by atoms with Crippen LogP contribution >= 0.6 is 0 Å². The number of carboxylic acids is 2. The Labute approximate surface area is 846 Å². The van der Waals surface area contributed by atoms with Gasteiger partial charge in [0.05, 0.1) is 51.5 Å². The Hall–Kier alpha value is -13.9. The molecular formula is C84H155F3N34O26. The molecule has 16 atom stereocenters. The number of halogens is 3. The Morgan fingerprint density at radius 3 is 0.871 bits per heavy atom. The Balaban J connectivity index is 0. The van der Waals surface area contributed by atoms with E-state index >= 15 is 0 Å². The number of nitrogens with one attached hydrogen (secondary N) is 24. The molecule has 0 aromatic carbocycles. The smallest absolute Gasteiger partial charge is 0.480 e. The van der Waals surface area contributed by atoms with Crippen molar-refractivity contribution in [2.45, 2.75) is 285 Å². The molecular weight excluding hydrogens is 1960 g/mol. The lowest BCUT2D eigenvalue weighted by Gasteiger charge is -2.28. The van der Waals surface area contributed by atoms with E-state index in [0.717, 1.165) is 6.92 Å². The van der Waals surface area contributed by atoms with Gasteiger partial charge in [0.1, 0.15) is 84.6 Å². The maximum atomic E-state index is 14.4. The predicted octanol–water partition coefficient (Wildman–Crippen LogP) is -15.0. The summed E-state index contributed by atoms with van der Waals surface area (Å²) in [6.45, 7) is 2.57. The van der Waals surface area contributed by atoms with Gasteiger partial charge in [-0.2, -0.15) is 13.2 Å². The Kier molecular flexibility index (Phi) is 69.7. The average Bonchev–Trinajstić information content (AvgIpc) is 0.850. The van der Waals surface area contributed by atoms with Gasteiger partial charge < -0.3 is 195 Å². The van der Waals surface area contributed by atoms with Crippen LogP contribution < -0.4 is 169 Å². The lowest BCUT2D eigenvalue weighted by Crippen LogP contribution is -2.62. The summed E-state index contributed by atoms with van der Waals surface area (Å²) in [4.78, 5) is 280. The monoisotopic (exact) mass is 2110 g/mol. The van der Waals surface area contributed by atoms with Crippen LogP contribution in [0, 0.1) is 22.1 Å². The van der Waals surface area contributed by atoms with E-state index in [1.165, 1.54) is 13.8 Å². The zero-order valence-electron chi connectivity index (χ0n) is 83.2. The Bertz CT molecular complexity index is 4260. The molecule has 838 valence electrons. The number of carboxylic acid groups (broad SMARTS) is 2. The van der Waals surface area contributed by atoms with Gasteiger partial charge in [-0.15, -0.1) is 0 Å². The average molecular weight is 2110 g/mol. The first-order valence-electron chi connectivity index (χ1n) is 47.6. The molecule has 0 heterocycles. The first kappa shape index (κ1) is 135. The van der Waals surface area contributed by atoms with Gasteiger partial charge in [-0.25, -0.2) is 9.59 Å². The molecule has 63 heteroatoms. The third-order valence-electron chi connectivity index (χ3n) is 21.2. The minimum absolute atomic E-state index is 0.00420. The Morgan fingerprint density at radius 1 is 0.293 bits per heavy atom. The van der Waals surface area contributed by atoms with E-state index in [1.54, 1.807) is 13.8 Å². The summed E-state index contributed by atoms with van der Waals surface area (Å²) in [5.41, 5.74) is 56.1. The van der Waals surface area contributed by atoms with Crippen molar-refractivity contribution in [1.82, 2.24) is 112 Å². The molecule has 0 radical (unpaired) electrons. The molecule has 49 N–H and O–H groups in total. The van der Waals surface area contributed by atoms with Gasteiger partial charge >= 0.3 is 18.1 Å². The number of hydrogen-bond acceptors (Lipinski definition) is 33. The Morgan fingerprint density at radius 2 is 0.551 bits per heavy atom. The number of amides is 19. The number of hydrogen-bond donors (Lipinski definition) is 39. The van der Waals surface area contributed by atoms with Gasteiger partial charge in [-0.05, 0) is 194 Å². The summed E-state index contributed by atoms with van der Waals surface area (Å²) in [5.74, 6) is -24.8. The lowest BCUT2D eigenvalue weighted by molar-refractivity contribution is -0.192. The molecule has 0 saturated heterocycles. The highest BCUT2D eigenvalue weighted by molar-refractivity contribution is 6.01. The van der Waals surface area contributed by atoms with Gasteiger partial charge in [0.2, 0.25) is 112 Å². The molecule has 0 aliphatic heterocycles.